The molecule has 28 heavy (non-hydrogen) atoms. The summed E-state index contributed by atoms with van der Waals surface area (Å²) in [6.07, 6.45) is 8.85. The molecule has 2 aliphatic heterocycles. The van der Waals surface area contributed by atoms with Crippen LogP contribution in [0.2, 0.25) is 0 Å². The fraction of sp³-hybridized carbons (Fsp3) is 0.905. The molecule has 2 N–H and O–H groups in total. The third-order valence-corrected chi connectivity index (χ3v) is 5.98. The summed E-state index contributed by atoms with van der Waals surface area (Å²) >= 11 is 0. The van der Waals surface area contributed by atoms with E-state index in [0.29, 0.717) is 18.1 Å². The maximum atomic E-state index is 12.6. The van der Waals surface area contributed by atoms with Gasteiger partial charge in [-0.25, -0.2) is 0 Å². The molecule has 0 spiro atoms. The SMILES string of the molecule is CCNC(=NCCCOC1CCOCC1)NC1CCN(C(=O)C2CCCC2)C1. The quantitative estimate of drug-likeness (QED) is 0.374. The lowest BCUT2D eigenvalue weighted by molar-refractivity contribution is -0.134. The van der Waals surface area contributed by atoms with E-state index in [1.165, 1.54) is 12.8 Å². The fourth-order valence-electron chi connectivity index (χ4n) is 4.37. The van der Waals surface area contributed by atoms with Gasteiger partial charge in [-0.05, 0) is 45.4 Å². The summed E-state index contributed by atoms with van der Waals surface area (Å²) in [7, 11) is 0. The molecule has 2 heterocycles. The number of guanidine groups is 1. The van der Waals surface area contributed by atoms with Crippen molar-refractivity contribution < 1.29 is 14.3 Å². The Morgan fingerprint density at radius 1 is 1.18 bits per heavy atom. The van der Waals surface area contributed by atoms with Crippen molar-refractivity contribution in [3.05, 3.63) is 0 Å². The number of nitrogens with zero attached hydrogens (tertiary/aromatic N) is 2. The lowest BCUT2D eigenvalue weighted by Crippen LogP contribution is -2.45. The number of likely N-dealkylation sites (tertiary alicyclic amines) is 1. The van der Waals surface area contributed by atoms with Crippen molar-refractivity contribution in [2.24, 2.45) is 10.9 Å². The third-order valence-electron chi connectivity index (χ3n) is 5.98. The van der Waals surface area contributed by atoms with E-state index in [1.54, 1.807) is 0 Å². The van der Waals surface area contributed by atoms with Gasteiger partial charge in [-0.3, -0.25) is 9.79 Å². The van der Waals surface area contributed by atoms with E-state index >= 15 is 0 Å². The molecule has 0 aromatic heterocycles. The Kier molecular flexibility index (Phi) is 8.86. The maximum Gasteiger partial charge on any atom is 0.225 e. The molecule has 0 aromatic rings. The first-order valence-corrected chi connectivity index (χ1v) is 11.3. The molecular formula is C21H38N4O3. The van der Waals surface area contributed by atoms with Gasteiger partial charge in [-0.2, -0.15) is 0 Å². The van der Waals surface area contributed by atoms with Crippen molar-refractivity contribution in [3.63, 3.8) is 0 Å². The molecule has 1 unspecified atom stereocenters. The van der Waals surface area contributed by atoms with Crippen LogP contribution in [0.4, 0.5) is 0 Å². The predicted octanol–water partition coefficient (Wildman–Crippen LogP) is 1.92. The van der Waals surface area contributed by atoms with Gasteiger partial charge in [0.15, 0.2) is 5.96 Å². The van der Waals surface area contributed by atoms with E-state index in [-0.39, 0.29) is 5.92 Å². The number of aliphatic imine (C=N–C) groups is 1. The Morgan fingerprint density at radius 3 is 2.71 bits per heavy atom. The molecule has 1 amide bonds. The Balaban J connectivity index is 1.36. The van der Waals surface area contributed by atoms with E-state index in [9.17, 15) is 4.79 Å². The Hall–Kier alpha value is -1.34. The summed E-state index contributed by atoms with van der Waals surface area (Å²) in [5, 5.41) is 6.85. The second-order valence-corrected chi connectivity index (χ2v) is 8.19. The van der Waals surface area contributed by atoms with E-state index in [2.05, 4.69) is 22.5 Å². The van der Waals surface area contributed by atoms with Gasteiger partial charge in [0.2, 0.25) is 5.91 Å². The number of hydrogen-bond acceptors (Lipinski definition) is 4. The van der Waals surface area contributed by atoms with Gasteiger partial charge in [-0.15, -0.1) is 0 Å². The Bertz CT molecular complexity index is 502. The first-order chi connectivity index (χ1) is 13.8. The van der Waals surface area contributed by atoms with Crippen molar-refractivity contribution in [3.8, 4) is 0 Å². The summed E-state index contributed by atoms with van der Waals surface area (Å²) in [5.74, 6) is 1.50. The number of rotatable bonds is 8. The molecule has 1 aliphatic carbocycles. The summed E-state index contributed by atoms with van der Waals surface area (Å²) < 4.78 is 11.3. The standard InChI is InChI=1S/C21H38N4O3/c1-2-22-21(23-11-5-13-28-19-9-14-27-15-10-19)24-18-8-12-25(16-18)20(26)17-6-3-4-7-17/h17-19H,2-16H2,1H3,(H2,22,23,24). The minimum Gasteiger partial charge on any atom is -0.381 e. The zero-order valence-corrected chi connectivity index (χ0v) is 17.5. The third kappa shape index (κ3) is 6.62. The largest absolute Gasteiger partial charge is 0.381 e. The van der Waals surface area contributed by atoms with Crippen molar-refractivity contribution in [1.29, 1.82) is 0 Å². The molecule has 7 nitrogen and oxygen atoms in total. The highest BCUT2D eigenvalue weighted by atomic mass is 16.5. The van der Waals surface area contributed by atoms with Crippen LogP contribution < -0.4 is 10.6 Å². The van der Waals surface area contributed by atoms with Gasteiger partial charge in [0.25, 0.3) is 0 Å². The zero-order chi connectivity index (χ0) is 19.6. The van der Waals surface area contributed by atoms with E-state index in [0.717, 1.165) is 90.5 Å². The second-order valence-electron chi connectivity index (χ2n) is 8.19. The second kappa shape index (κ2) is 11.6. The van der Waals surface area contributed by atoms with Gasteiger partial charge in [0.1, 0.15) is 0 Å². The molecule has 1 saturated carbocycles. The number of carbonyl (C=O) groups excluding carboxylic acids is 1. The highest BCUT2D eigenvalue weighted by Crippen LogP contribution is 2.27. The lowest BCUT2D eigenvalue weighted by Gasteiger charge is -2.22. The molecular weight excluding hydrogens is 356 g/mol. The number of amides is 1. The molecule has 3 rings (SSSR count). The van der Waals surface area contributed by atoms with Crippen molar-refractivity contribution in [2.45, 2.75) is 70.4 Å². The van der Waals surface area contributed by atoms with Gasteiger partial charge in [0, 0.05) is 58.0 Å². The zero-order valence-electron chi connectivity index (χ0n) is 17.5. The number of carbonyl (C=O) groups is 1. The van der Waals surface area contributed by atoms with Crippen LogP contribution in [0, 0.1) is 5.92 Å². The number of nitrogens with one attached hydrogen (secondary N) is 2. The topological polar surface area (TPSA) is 75.2 Å². The average molecular weight is 395 g/mol. The first kappa shape index (κ1) is 21.4. The highest BCUT2D eigenvalue weighted by Gasteiger charge is 2.32. The lowest BCUT2D eigenvalue weighted by atomic mass is 10.1. The van der Waals surface area contributed by atoms with Crippen LogP contribution in [0.3, 0.4) is 0 Å². The summed E-state index contributed by atoms with van der Waals surface area (Å²) in [6, 6.07) is 0.293. The average Bonchev–Trinajstić information content (AvgIpc) is 3.40. The van der Waals surface area contributed by atoms with Crippen LogP contribution in [0.15, 0.2) is 4.99 Å². The highest BCUT2D eigenvalue weighted by molar-refractivity contribution is 5.81. The van der Waals surface area contributed by atoms with Gasteiger partial charge in [-0.1, -0.05) is 12.8 Å². The summed E-state index contributed by atoms with van der Waals surface area (Å²) in [6.45, 7) is 7.71. The number of ether oxygens (including phenoxy) is 2. The minimum absolute atomic E-state index is 0.274. The monoisotopic (exact) mass is 394 g/mol. The van der Waals surface area contributed by atoms with Crippen LogP contribution >= 0.6 is 0 Å². The van der Waals surface area contributed by atoms with Crippen LogP contribution in [-0.4, -0.2) is 74.9 Å². The van der Waals surface area contributed by atoms with Crippen LogP contribution in [0.25, 0.3) is 0 Å². The molecule has 3 fully saturated rings. The molecule has 2 saturated heterocycles. The summed E-state index contributed by atoms with van der Waals surface area (Å²) in [5.41, 5.74) is 0. The van der Waals surface area contributed by atoms with Gasteiger partial charge in [0.05, 0.1) is 6.10 Å². The Labute approximate surface area is 169 Å². The predicted molar refractivity (Wildman–Crippen MR) is 110 cm³/mol. The molecule has 7 heteroatoms. The van der Waals surface area contributed by atoms with Gasteiger partial charge < -0.3 is 25.0 Å². The van der Waals surface area contributed by atoms with Crippen LogP contribution in [0.5, 0.6) is 0 Å². The molecule has 3 aliphatic rings. The molecule has 0 radical (unpaired) electrons. The van der Waals surface area contributed by atoms with Crippen LogP contribution in [-0.2, 0) is 14.3 Å². The Morgan fingerprint density at radius 2 is 1.96 bits per heavy atom. The van der Waals surface area contributed by atoms with Crippen molar-refractivity contribution >= 4 is 11.9 Å². The van der Waals surface area contributed by atoms with Crippen molar-refractivity contribution in [2.75, 3.05) is 46.0 Å². The number of hydrogen-bond donors (Lipinski definition) is 2. The molecule has 1 atom stereocenters. The maximum absolute atomic E-state index is 12.6. The van der Waals surface area contributed by atoms with E-state index in [1.807, 2.05) is 0 Å². The fourth-order valence-corrected chi connectivity index (χ4v) is 4.37. The van der Waals surface area contributed by atoms with Gasteiger partial charge >= 0.3 is 0 Å². The molecule has 160 valence electrons. The van der Waals surface area contributed by atoms with E-state index in [4.69, 9.17) is 14.5 Å². The normalized spacial score (nSPS) is 24.7. The minimum atomic E-state index is 0.274. The van der Waals surface area contributed by atoms with Crippen LogP contribution in [0.1, 0.15) is 58.3 Å². The summed E-state index contributed by atoms with van der Waals surface area (Å²) in [4.78, 5) is 19.4. The van der Waals surface area contributed by atoms with Crippen molar-refractivity contribution in [1.82, 2.24) is 15.5 Å². The first-order valence-electron chi connectivity index (χ1n) is 11.3. The smallest absolute Gasteiger partial charge is 0.225 e. The van der Waals surface area contributed by atoms with E-state index < -0.39 is 0 Å². The molecule has 0 bridgehead atoms. The molecule has 0 aromatic carbocycles.